The van der Waals surface area contributed by atoms with Gasteiger partial charge in [-0.15, -0.1) is 0 Å². The van der Waals surface area contributed by atoms with Crippen molar-refractivity contribution in [3.8, 4) is 6.19 Å². The van der Waals surface area contributed by atoms with Crippen molar-refractivity contribution in [2.45, 2.75) is 53.2 Å². The number of benzene rings is 2. The molecule has 0 spiro atoms. The molecule has 0 amide bonds. The van der Waals surface area contributed by atoms with Crippen molar-refractivity contribution in [3.05, 3.63) is 113 Å². The van der Waals surface area contributed by atoms with Gasteiger partial charge in [0, 0.05) is 58.1 Å². The molecule has 6 nitrogen and oxygen atoms in total. The van der Waals surface area contributed by atoms with Gasteiger partial charge in [-0.05, 0) is 105 Å². The van der Waals surface area contributed by atoms with Crippen LogP contribution in [0.4, 0.5) is 0 Å². The van der Waals surface area contributed by atoms with Gasteiger partial charge in [0.25, 0.3) is 0 Å². The van der Waals surface area contributed by atoms with Crippen molar-refractivity contribution in [2.24, 2.45) is 5.92 Å². The predicted octanol–water partition coefficient (Wildman–Crippen LogP) is 6.62. The van der Waals surface area contributed by atoms with Gasteiger partial charge in [-0.2, -0.15) is 5.26 Å². The molecule has 0 aliphatic carbocycles. The average molecular weight is 593 g/mol. The first-order valence-electron chi connectivity index (χ1n) is 16.3. The number of piperidine rings is 1. The zero-order valence-electron chi connectivity index (χ0n) is 27.4. The quantitative estimate of drug-likeness (QED) is 0.160. The van der Waals surface area contributed by atoms with Gasteiger partial charge in [-0.25, -0.2) is 0 Å². The van der Waals surface area contributed by atoms with Gasteiger partial charge in [0.15, 0.2) is 6.19 Å². The number of nitrogens with zero attached hydrogens (tertiary/aromatic N) is 5. The fourth-order valence-corrected chi connectivity index (χ4v) is 6.12. The van der Waals surface area contributed by atoms with E-state index in [4.69, 9.17) is 5.26 Å². The summed E-state index contributed by atoms with van der Waals surface area (Å²) in [6.45, 7) is 21.3. The van der Waals surface area contributed by atoms with Crippen LogP contribution in [0, 0.1) is 17.4 Å². The van der Waals surface area contributed by atoms with Crippen molar-refractivity contribution in [1.82, 2.24) is 24.9 Å². The molecule has 2 aromatic carbocycles. The topological polar surface area (TPSA) is 48.8 Å². The highest BCUT2D eigenvalue weighted by Gasteiger charge is 2.21. The van der Waals surface area contributed by atoms with E-state index in [0.717, 1.165) is 44.8 Å². The van der Waals surface area contributed by atoms with Crippen LogP contribution in [-0.2, 0) is 19.6 Å². The number of likely N-dealkylation sites (tertiary alicyclic amines) is 1. The van der Waals surface area contributed by atoms with Crippen LogP contribution in [0.1, 0.15) is 55.9 Å². The molecule has 0 aromatic heterocycles. The lowest BCUT2D eigenvalue weighted by atomic mass is 9.87. The van der Waals surface area contributed by atoms with Gasteiger partial charge in [0.2, 0.25) is 0 Å². The molecule has 234 valence electrons. The van der Waals surface area contributed by atoms with Crippen LogP contribution in [0.25, 0.3) is 5.70 Å². The number of nitriles is 1. The van der Waals surface area contributed by atoms with Crippen LogP contribution in [0.5, 0.6) is 0 Å². The minimum absolute atomic E-state index is 0.622. The van der Waals surface area contributed by atoms with Crippen LogP contribution in [0.3, 0.4) is 0 Å². The molecule has 1 N–H and O–H groups in total. The van der Waals surface area contributed by atoms with E-state index in [1.807, 2.05) is 18.3 Å². The van der Waals surface area contributed by atoms with E-state index in [2.05, 4.69) is 120 Å². The van der Waals surface area contributed by atoms with Crippen LogP contribution in [-0.4, -0.2) is 72.5 Å². The summed E-state index contributed by atoms with van der Waals surface area (Å²) in [5.41, 5.74) is 8.39. The van der Waals surface area contributed by atoms with Crippen molar-refractivity contribution in [1.29, 1.82) is 5.26 Å². The molecule has 44 heavy (non-hydrogen) atoms. The molecule has 2 saturated heterocycles. The third-order valence-electron chi connectivity index (χ3n) is 9.07. The third-order valence-corrected chi connectivity index (χ3v) is 9.07. The summed E-state index contributed by atoms with van der Waals surface area (Å²) >= 11 is 0. The molecule has 0 radical (unpaired) electrons. The summed E-state index contributed by atoms with van der Waals surface area (Å²) in [4.78, 5) is 9.93. The molecule has 2 fully saturated rings. The maximum Gasteiger partial charge on any atom is 0.181 e. The molecule has 2 heterocycles. The van der Waals surface area contributed by atoms with E-state index in [1.165, 1.54) is 66.9 Å². The number of allylic oxidation sites excluding steroid dienone is 5. The zero-order chi connectivity index (χ0) is 31.3. The third kappa shape index (κ3) is 10.2. The van der Waals surface area contributed by atoms with Gasteiger partial charge in [-0.1, -0.05) is 67.3 Å². The Balaban J connectivity index is 1.23. The van der Waals surface area contributed by atoms with Gasteiger partial charge in [-0.3, -0.25) is 15.1 Å². The Kier molecular flexibility index (Phi) is 12.9. The number of hydrogen-bond acceptors (Lipinski definition) is 6. The fourth-order valence-electron chi connectivity index (χ4n) is 6.12. The predicted molar refractivity (Wildman–Crippen MR) is 184 cm³/mol. The van der Waals surface area contributed by atoms with E-state index in [0.29, 0.717) is 11.6 Å². The van der Waals surface area contributed by atoms with E-state index in [1.54, 1.807) is 0 Å². The Labute approximate surface area is 266 Å². The second-order valence-electron chi connectivity index (χ2n) is 12.4. The Morgan fingerprint density at radius 3 is 2.05 bits per heavy atom. The Morgan fingerprint density at radius 1 is 0.932 bits per heavy atom. The molecule has 0 bridgehead atoms. The number of nitrogens with one attached hydrogen (secondary N) is 1. The van der Waals surface area contributed by atoms with E-state index in [-0.39, 0.29) is 0 Å². The number of likely N-dealkylation sites (N-methyl/N-ethyl adjacent to an activating group) is 1. The fraction of sp³-hybridized carbons (Fsp3) is 0.447. The zero-order valence-corrected chi connectivity index (χ0v) is 27.4. The molecule has 2 aromatic rings. The smallest absolute Gasteiger partial charge is 0.181 e. The normalized spacial score (nSPS) is 18.0. The van der Waals surface area contributed by atoms with Crippen LogP contribution >= 0.6 is 0 Å². The molecule has 2 aliphatic rings. The Hall–Kier alpha value is -3.63. The van der Waals surface area contributed by atoms with Crippen LogP contribution < -0.4 is 5.32 Å². The molecule has 4 rings (SSSR count). The Bertz CT molecular complexity index is 1310. The van der Waals surface area contributed by atoms with Crippen LogP contribution in [0.15, 0.2) is 90.7 Å². The van der Waals surface area contributed by atoms with Gasteiger partial charge in [0.1, 0.15) is 0 Å². The maximum absolute atomic E-state index is 8.81. The van der Waals surface area contributed by atoms with Crippen molar-refractivity contribution >= 4 is 5.70 Å². The monoisotopic (exact) mass is 592 g/mol. The maximum atomic E-state index is 8.81. The molecule has 0 atom stereocenters. The van der Waals surface area contributed by atoms with Gasteiger partial charge >= 0.3 is 0 Å². The lowest BCUT2D eigenvalue weighted by molar-refractivity contribution is 0.148. The summed E-state index contributed by atoms with van der Waals surface area (Å²) in [5.74, 6) is 0.622. The highest BCUT2D eigenvalue weighted by molar-refractivity contribution is 5.62. The molecule has 0 unspecified atom stereocenters. The molecule has 2 aliphatic heterocycles. The van der Waals surface area contributed by atoms with Gasteiger partial charge in [0.05, 0.1) is 0 Å². The Morgan fingerprint density at radius 2 is 1.50 bits per heavy atom. The van der Waals surface area contributed by atoms with Crippen molar-refractivity contribution in [2.75, 3.05) is 52.9 Å². The highest BCUT2D eigenvalue weighted by atomic mass is 15.2. The number of piperazine rings is 1. The average Bonchev–Trinajstić information content (AvgIpc) is 3.04. The first-order valence-corrected chi connectivity index (χ1v) is 16.3. The lowest BCUT2D eigenvalue weighted by Gasteiger charge is -2.33. The SMILES string of the molecule is C=C(NC#N)c1ccc(CN(\C=C/C(C)=C/C(=C\C)C2CCN(Cc3ccc(CN4CCN(C)CC4)cc3)CC2)CC)cc1. The first-order chi connectivity index (χ1) is 21.4. The largest absolute Gasteiger partial charge is 0.373 e. The summed E-state index contributed by atoms with van der Waals surface area (Å²) in [7, 11) is 2.21. The summed E-state index contributed by atoms with van der Waals surface area (Å²) in [5, 5.41) is 11.4. The number of rotatable bonds is 13. The second kappa shape index (κ2) is 17.0. The highest BCUT2D eigenvalue weighted by Crippen LogP contribution is 2.27. The first kappa shape index (κ1) is 33.3. The standard InChI is InChI=1S/C38H52N6/c1-6-36(26-31(3)16-19-42(7-2)27-35-12-14-37(15-13-35)32(4)40-30-39)38-17-20-43(21-18-38)28-33-8-10-34(11-9-33)29-44-24-22-41(5)23-25-44/h6,8-16,19,26,38,40H,4,7,17-18,20-25,27-29H2,1-3,5H3/b19-16-,31-26+,36-6+. The summed E-state index contributed by atoms with van der Waals surface area (Å²) in [6, 6.07) is 17.6. The number of hydrogen-bond donors (Lipinski definition) is 1. The molecule has 6 heteroatoms. The van der Waals surface area contributed by atoms with Crippen LogP contribution in [0.2, 0.25) is 0 Å². The summed E-state index contributed by atoms with van der Waals surface area (Å²) < 4.78 is 0. The lowest BCUT2D eigenvalue weighted by Crippen LogP contribution is -2.43. The van der Waals surface area contributed by atoms with Crippen molar-refractivity contribution in [3.63, 3.8) is 0 Å². The van der Waals surface area contributed by atoms with E-state index in [9.17, 15) is 0 Å². The molecular weight excluding hydrogens is 540 g/mol. The van der Waals surface area contributed by atoms with E-state index < -0.39 is 0 Å². The minimum Gasteiger partial charge on any atom is -0.373 e. The van der Waals surface area contributed by atoms with Crippen molar-refractivity contribution < 1.29 is 0 Å². The van der Waals surface area contributed by atoms with E-state index >= 15 is 0 Å². The molecule has 0 saturated carbocycles. The second-order valence-corrected chi connectivity index (χ2v) is 12.4. The molecular formula is C38H52N6. The summed E-state index contributed by atoms with van der Waals surface area (Å²) in [6.07, 6.45) is 13.5. The van der Waals surface area contributed by atoms with Gasteiger partial charge < -0.3 is 9.80 Å². The minimum atomic E-state index is 0.622.